The van der Waals surface area contributed by atoms with Crippen LogP contribution in [0.3, 0.4) is 0 Å². The average molecular weight is 557 g/mol. The van der Waals surface area contributed by atoms with E-state index in [2.05, 4.69) is 15.6 Å². The Labute approximate surface area is 195 Å². The van der Waals surface area contributed by atoms with Crippen molar-refractivity contribution in [2.75, 3.05) is 28.4 Å². The quantitative estimate of drug-likeness (QED) is 0.230. The highest BCUT2D eigenvalue weighted by Crippen LogP contribution is 2.34. The lowest BCUT2D eigenvalue weighted by Gasteiger charge is -2.18. The number of rotatable bonds is 7. The Hall–Kier alpha value is -2.44. The molecule has 6 nitrogen and oxygen atoms in total. The monoisotopic (exact) mass is 557 g/mol. The van der Waals surface area contributed by atoms with Crippen molar-refractivity contribution in [3.8, 4) is 17.2 Å². The minimum absolute atomic E-state index is 0. The number of hydrogen-bond donors (Lipinski definition) is 2. The number of nitrogens with one attached hydrogen (secondary N) is 2. The van der Waals surface area contributed by atoms with E-state index >= 15 is 0 Å². The van der Waals surface area contributed by atoms with Crippen LogP contribution in [0, 0.1) is 5.82 Å². The summed E-state index contributed by atoms with van der Waals surface area (Å²) in [6, 6.07) is 5.91. The van der Waals surface area contributed by atoms with Crippen molar-refractivity contribution in [3.63, 3.8) is 0 Å². The third-order valence-corrected chi connectivity index (χ3v) is 4.30. The van der Waals surface area contributed by atoms with E-state index in [0.717, 1.165) is 12.1 Å². The lowest BCUT2D eigenvalue weighted by Crippen LogP contribution is -2.37. The Balaban J connectivity index is 0.00000480. The zero-order valence-electron chi connectivity index (χ0n) is 17.4. The molecule has 0 atom stereocenters. The maximum Gasteiger partial charge on any atom is 0.416 e. The summed E-state index contributed by atoms with van der Waals surface area (Å²) < 4.78 is 68.7. The van der Waals surface area contributed by atoms with Crippen LogP contribution in [0.5, 0.6) is 17.2 Å². The van der Waals surface area contributed by atoms with Crippen molar-refractivity contribution >= 4 is 29.9 Å². The third-order valence-electron chi connectivity index (χ3n) is 4.30. The fraction of sp³-hybridized carbons (Fsp3) is 0.350. The zero-order chi connectivity index (χ0) is 22.3. The normalized spacial score (nSPS) is 11.4. The van der Waals surface area contributed by atoms with Crippen LogP contribution in [0.1, 0.15) is 16.7 Å². The second-order valence-electron chi connectivity index (χ2n) is 6.09. The van der Waals surface area contributed by atoms with Gasteiger partial charge in [-0.15, -0.1) is 24.0 Å². The highest BCUT2D eigenvalue weighted by Gasteiger charge is 2.33. The van der Waals surface area contributed by atoms with Gasteiger partial charge in [-0.3, -0.25) is 4.99 Å². The lowest BCUT2D eigenvalue weighted by atomic mass is 10.1. The van der Waals surface area contributed by atoms with E-state index < -0.39 is 17.6 Å². The molecule has 0 spiro atoms. The molecule has 0 saturated heterocycles. The van der Waals surface area contributed by atoms with Crippen molar-refractivity contribution in [1.29, 1.82) is 0 Å². The van der Waals surface area contributed by atoms with Gasteiger partial charge in [0.1, 0.15) is 23.1 Å². The Morgan fingerprint density at radius 3 is 2.00 bits per heavy atom. The maximum atomic E-state index is 13.3. The molecular formula is C20H24F4IN3O3. The molecule has 31 heavy (non-hydrogen) atoms. The smallest absolute Gasteiger partial charge is 0.416 e. The number of ether oxygens (including phenoxy) is 3. The predicted molar refractivity (Wildman–Crippen MR) is 120 cm³/mol. The highest BCUT2D eigenvalue weighted by atomic mass is 127. The minimum atomic E-state index is -4.67. The van der Waals surface area contributed by atoms with Gasteiger partial charge in [0.25, 0.3) is 0 Å². The summed E-state index contributed by atoms with van der Waals surface area (Å²) in [4.78, 5) is 4.01. The summed E-state index contributed by atoms with van der Waals surface area (Å²) in [5, 5.41) is 5.79. The van der Waals surface area contributed by atoms with E-state index in [4.69, 9.17) is 14.2 Å². The van der Waals surface area contributed by atoms with Crippen LogP contribution in [0.15, 0.2) is 35.3 Å². The maximum absolute atomic E-state index is 13.3. The van der Waals surface area contributed by atoms with Gasteiger partial charge in [0.2, 0.25) is 0 Å². The number of hydrogen-bond acceptors (Lipinski definition) is 4. The van der Waals surface area contributed by atoms with Crippen molar-refractivity contribution in [3.05, 3.63) is 52.8 Å². The molecule has 0 heterocycles. The molecule has 0 aliphatic heterocycles. The molecule has 0 bridgehead atoms. The number of halogens is 5. The molecule has 2 aromatic rings. The Morgan fingerprint density at radius 2 is 1.52 bits per heavy atom. The Morgan fingerprint density at radius 1 is 0.935 bits per heavy atom. The standard InChI is InChI=1S/C20H23F4N3O3.HI/c1-25-19(26-10-12-5-6-13(21)7-16(12)20(22,23)24)27-11-15-17(29-3)8-14(28-2)9-18(15)30-4;/h5-9H,10-11H2,1-4H3,(H2,25,26,27);1H. The van der Waals surface area contributed by atoms with Crippen molar-refractivity contribution in [1.82, 2.24) is 10.6 Å². The average Bonchev–Trinajstić information content (AvgIpc) is 2.73. The summed E-state index contributed by atoms with van der Waals surface area (Å²) in [6.07, 6.45) is -4.67. The van der Waals surface area contributed by atoms with Crippen LogP contribution < -0.4 is 24.8 Å². The summed E-state index contributed by atoms with van der Waals surface area (Å²) >= 11 is 0. The number of methoxy groups -OCH3 is 3. The molecule has 11 heteroatoms. The van der Waals surface area contributed by atoms with Crippen LogP contribution in [0.2, 0.25) is 0 Å². The predicted octanol–water partition coefficient (Wildman–Crippen LogP) is 4.35. The van der Waals surface area contributed by atoms with E-state index in [-0.39, 0.29) is 48.6 Å². The van der Waals surface area contributed by atoms with E-state index in [1.165, 1.54) is 28.4 Å². The van der Waals surface area contributed by atoms with Gasteiger partial charge in [0.05, 0.1) is 39.0 Å². The van der Waals surface area contributed by atoms with Gasteiger partial charge in [0, 0.05) is 25.7 Å². The SMILES string of the molecule is CN=C(NCc1ccc(F)cc1C(F)(F)F)NCc1c(OC)cc(OC)cc1OC.I. The molecule has 172 valence electrons. The van der Waals surface area contributed by atoms with Crippen LogP contribution in [0.25, 0.3) is 0 Å². The number of alkyl halides is 3. The number of aliphatic imine (C=N–C) groups is 1. The van der Waals surface area contributed by atoms with E-state index in [9.17, 15) is 17.6 Å². The molecule has 2 N–H and O–H groups in total. The second kappa shape index (κ2) is 11.8. The first-order chi connectivity index (χ1) is 14.2. The molecule has 0 amide bonds. The van der Waals surface area contributed by atoms with Gasteiger partial charge in [-0.25, -0.2) is 4.39 Å². The molecule has 0 saturated carbocycles. The van der Waals surface area contributed by atoms with Gasteiger partial charge < -0.3 is 24.8 Å². The molecular weight excluding hydrogens is 533 g/mol. The first-order valence-electron chi connectivity index (χ1n) is 8.82. The zero-order valence-corrected chi connectivity index (χ0v) is 19.7. The minimum Gasteiger partial charge on any atom is -0.496 e. The van der Waals surface area contributed by atoms with Crippen LogP contribution in [0.4, 0.5) is 17.6 Å². The largest absolute Gasteiger partial charge is 0.496 e. The van der Waals surface area contributed by atoms with Crippen LogP contribution in [-0.2, 0) is 19.3 Å². The molecule has 0 radical (unpaired) electrons. The van der Waals surface area contributed by atoms with Gasteiger partial charge in [-0.05, 0) is 17.7 Å². The van der Waals surface area contributed by atoms with Crippen molar-refractivity contribution in [2.45, 2.75) is 19.3 Å². The summed E-state index contributed by atoms with van der Waals surface area (Å²) in [5.74, 6) is 0.852. The summed E-state index contributed by atoms with van der Waals surface area (Å²) in [7, 11) is 5.99. The van der Waals surface area contributed by atoms with E-state index in [0.29, 0.717) is 28.9 Å². The Bertz CT molecular complexity index is 883. The summed E-state index contributed by atoms with van der Waals surface area (Å²) in [6.45, 7) is 0.0111. The molecule has 0 fully saturated rings. The number of nitrogens with zero attached hydrogens (tertiary/aromatic N) is 1. The molecule has 0 aliphatic rings. The molecule has 2 rings (SSSR count). The molecule has 2 aromatic carbocycles. The van der Waals surface area contributed by atoms with Crippen molar-refractivity contribution in [2.24, 2.45) is 4.99 Å². The van der Waals surface area contributed by atoms with E-state index in [1.54, 1.807) is 12.1 Å². The topological polar surface area (TPSA) is 64.1 Å². The summed E-state index contributed by atoms with van der Waals surface area (Å²) in [5.41, 5.74) is -0.475. The second-order valence-corrected chi connectivity index (χ2v) is 6.09. The molecule has 0 aromatic heterocycles. The number of benzene rings is 2. The first kappa shape index (κ1) is 26.6. The fourth-order valence-electron chi connectivity index (χ4n) is 2.79. The Kier molecular flexibility index (Phi) is 10.1. The number of guanidine groups is 1. The van der Waals surface area contributed by atoms with Gasteiger partial charge in [0.15, 0.2) is 5.96 Å². The van der Waals surface area contributed by atoms with Crippen LogP contribution in [-0.4, -0.2) is 34.3 Å². The van der Waals surface area contributed by atoms with Gasteiger partial charge >= 0.3 is 6.18 Å². The van der Waals surface area contributed by atoms with Crippen molar-refractivity contribution < 1.29 is 31.8 Å². The van der Waals surface area contributed by atoms with E-state index in [1.807, 2.05) is 0 Å². The highest BCUT2D eigenvalue weighted by molar-refractivity contribution is 14.0. The van der Waals surface area contributed by atoms with Crippen LogP contribution >= 0.6 is 24.0 Å². The third kappa shape index (κ3) is 7.04. The van der Waals surface area contributed by atoms with Gasteiger partial charge in [-0.2, -0.15) is 13.2 Å². The fourth-order valence-corrected chi connectivity index (χ4v) is 2.79. The molecule has 0 unspecified atom stereocenters. The van der Waals surface area contributed by atoms with Gasteiger partial charge in [-0.1, -0.05) is 6.07 Å². The lowest BCUT2D eigenvalue weighted by molar-refractivity contribution is -0.138. The molecule has 0 aliphatic carbocycles. The first-order valence-corrected chi connectivity index (χ1v) is 8.82.